The van der Waals surface area contributed by atoms with Crippen LogP contribution in [-0.2, 0) is 16.1 Å². The summed E-state index contributed by atoms with van der Waals surface area (Å²) in [6.45, 7) is 10.1. The lowest BCUT2D eigenvalue weighted by molar-refractivity contribution is -0.130. The molecule has 0 aliphatic heterocycles. The van der Waals surface area contributed by atoms with Gasteiger partial charge in [0.1, 0.15) is 0 Å². The topological polar surface area (TPSA) is 96.5 Å². The van der Waals surface area contributed by atoms with E-state index in [9.17, 15) is 14.4 Å². The van der Waals surface area contributed by atoms with Crippen LogP contribution in [0.3, 0.4) is 0 Å². The molecule has 166 valence electrons. The molecule has 1 fully saturated rings. The Hall–Kier alpha value is -2.57. The van der Waals surface area contributed by atoms with Gasteiger partial charge in [-0.2, -0.15) is 0 Å². The number of carbonyl (C=O) groups excluding carboxylic acids is 3. The zero-order chi connectivity index (χ0) is 22.3. The Morgan fingerprint density at radius 1 is 1.07 bits per heavy atom. The van der Waals surface area contributed by atoms with E-state index in [0.29, 0.717) is 23.9 Å². The predicted octanol–water partition coefficient (Wildman–Crippen LogP) is 3.38. The number of hydrogen-bond donors (Lipinski definition) is 3. The first kappa shape index (κ1) is 23.7. The van der Waals surface area contributed by atoms with Crippen LogP contribution in [0.4, 0.5) is 4.79 Å². The molecule has 1 aliphatic carbocycles. The van der Waals surface area contributed by atoms with E-state index >= 15 is 0 Å². The van der Waals surface area contributed by atoms with Gasteiger partial charge in [0, 0.05) is 18.6 Å². The largest absolute Gasteiger partial charge is 0.449 e. The summed E-state index contributed by atoms with van der Waals surface area (Å²) in [6.07, 6.45) is 2.39. The van der Waals surface area contributed by atoms with Crippen molar-refractivity contribution in [1.29, 1.82) is 0 Å². The molecule has 0 radical (unpaired) electrons. The molecular formula is C23H35N3O4. The summed E-state index contributed by atoms with van der Waals surface area (Å²) in [7, 11) is 0. The highest BCUT2D eigenvalue weighted by atomic mass is 16.5. The van der Waals surface area contributed by atoms with Crippen LogP contribution >= 0.6 is 0 Å². The van der Waals surface area contributed by atoms with Gasteiger partial charge in [-0.25, -0.2) is 9.59 Å². The molecule has 7 nitrogen and oxygen atoms in total. The molecule has 1 aromatic rings. The third-order valence-corrected chi connectivity index (χ3v) is 5.75. The summed E-state index contributed by atoms with van der Waals surface area (Å²) < 4.78 is 5.35. The summed E-state index contributed by atoms with van der Waals surface area (Å²) >= 11 is 0. The second-order valence-corrected chi connectivity index (χ2v) is 8.61. The van der Waals surface area contributed by atoms with Crippen LogP contribution < -0.4 is 16.0 Å². The van der Waals surface area contributed by atoms with Crippen LogP contribution in [0.5, 0.6) is 0 Å². The number of benzene rings is 1. The van der Waals surface area contributed by atoms with Gasteiger partial charge in [-0.3, -0.25) is 4.79 Å². The molecular weight excluding hydrogens is 382 g/mol. The van der Waals surface area contributed by atoms with Gasteiger partial charge in [-0.05, 0) is 56.7 Å². The van der Waals surface area contributed by atoms with Crippen LogP contribution in [0.2, 0.25) is 0 Å². The third kappa shape index (κ3) is 7.04. The van der Waals surface area contributed by atoms with Crippen molar-refractivity contribution < 1.29 is 19.1 Å². The Labute approximate surface area is 179 Å². The summed E-state index contributed by atoms with van der Waals surface area (Å²) in [4.78, 5) is 36.5. The molecule has 3 amide bonds. The molecule has 1 saturated carbocycles. The fraction of sp³-hybridized carbons (Fsp3) is 0.609. The molecule has 1 aromatic carbocycles. The molecule has 0 saturated heterocycles. The molecule has 7 heteroatoms. The van der Waals surface area contributed by atoms with Crippen LogP contribution in [0, 0.1) is 11.8 Å². The van der Waals surface area contributed by atoms with Crippen LogP contribution in [0.25, 0.3) is 0 Å². The lowest BCUT2D eigenvalue weighted by Crippen LogP contribution is -2.47. The maximum Gasteiger partial charge on any atom is 0.338 e. The normalized spacial score (nSPS) is 22.1. The highest BCUT2D eigenvalue weighted by molar-refractivity contribution is 5.92. The fourth-order valence-electron chi connectivity index (χ4n) is 3.62. The zero-order valence-corrected chi connectivity index (χ0v) is 18.7. The van der Waals surface area contributed by atoms with Crippen molar-refractivity contribution in [3.05, 3.63) is 35.4 Å². The van der Waals surface area contributed by atoms with Crippen LogP contribution in [-0.4, -0.2) is 36.1 Å². The minimum absolute atomic E-state index is 0.0612. The monoisotopic (exact) mass is 417 g/mol. The number of amides is 3. The van der Waals surface area contributed by atoms with Crippen molar-refractivity contribution in [3.63, 3.8) is 0 Å². The Bertz CT molecular complexity index is 732. The Balaban J connectivity index is 1.83. The first-order valence-corrected chi connectivity index (χ1v) is 10.8. The van der Waals surface area contributed by atoms with Crippen LogP contribution in [0.15, 0.2) is 24.3 Å². The predicted molar refractivity (Wildman–Crippen MR) is 116 cm³/mol. The number of hydrogen-bond acceptors (Lipinski definition) is 4. The number of urea groups is 1. The molecule has 0 unspecified atom stereocenters. The van der Waals surface area contributed by atoms with Crippen molar-refractivity contribution in [3.8, 4) is 0 Å². The third-order valence-electron chi connectivity index (χ3n) is 5.75. The molecule has 3 N–H and O–H groups in total. The molecule has 0 spiro atoms. The van der Waals surface area contributed by atoms with E-state index in [4.69, 9.17) is 4.74 Å². The molecule has 2 rings (SSSR count). The van der Waals surface area contributed by atoms with Crippen molar-refractivity contribution >= 4 is 17.9 Å². The molecule has 30 heavy (non-hydrogen) atoms. The number of ether oxygens (including phenoxy) is 1. The molecule has 4 atom stereocenters. The van der Waals surface area contributed by atoms with Gasteiger partial charge in [-0.1, -0.05) is 38.8 Å². The van der Waals surface area contributed by atoms with Gasteiger partial charge in [0.05, 0.1) is 5.56 Å². The fourth-order valence-corrected chi connectivity index (χ4v) is 3.62. The van der Waals surface area contributed by atoms with Gasteiger partial charge < -0.3 is 20.7 Å². The minimum atomic E-state index is -0.858. The first-order chi connectivity index (χ1) is 14.2. The summed E-state index contributed by atoms with van der Waals surface area (Å²) in [6, 6.07) is 6.72. The Kier molecular flexibility index (Phi) is 8.69. The first-order valence-electron chi connectivity index (χ1n) is 10.8. The number of rotatable bonds is 7. The number of esters is 1. The number of nitrogens with one attached hydrogen (secondary N) is 3. The van der Waals surface area contributed by atoms with E-state index in [1.807, 2.05) is 13.8 Å². The molecule has 0 bridgehead atoms. The Morgan fingerprint density at radius 3 is 2.37 bits per heavy atom. The maximum absolute atomic E-state index is 12.5. The molecule has 1 aliphatic rings. The Morgan fingerprint density at radius 2 is 1.73 bits per heavy atom. The van der Waals surface area contributed by atoms with E-state index in [1.165, 1.54) is 6.42 Å². The smallest absolute Gasteiger partial charge is 0.338 e. The quantitative estimate of drug-likeness (QED) is 0.593. The van der Waals surface area contributed by atoms with Crippen molar-refractivity contribution in [2.45, 2.75) is 78.6 Å². The minimum Gasteiger partial charge on any atom is -0.449 e. The van der Waals surface area contributed by atoms with Gasteiger partial charge in [-0.15, -0.1) is 0 Å². The van der Waals surface area contributed by atoms with Crippen molar-refractivity contribution in [2.24, 2.45) is 11.8 Å². The lowest BCUT2D eigenvalue weighted by Gasteiger charge is -2.35. The summed E-state index contributed by atoms with van der Waals surface area (Å²) in [5.41, 5.74) is 1.22. The van der Waals surface area contributed by atoms with Gasteiger partial charge in [0.15, 0.2) is 6.10 Å². The van der Waals surface area contributed by atoms with E-state index < -0.39 is 12.1 Å². The lowest BCUT2D eigenvalue weighted by atomic mass is 9.78. The summed E-state index contributed by atoms with van der Waals surface area (Å²) in [5, 5.41) is 8.54. The van der Waals surface area contributed by atoms with E-state index in [1.54, 1.807) is 31.2 Å². The van der Waals surface area contributed by atoms with Gasteiger partial charge in [0.25, 0.3) is 5.91 Å². The zero-order valence-electron chi connectivity index (χ0n) is 18.7. The standard InChI is InChI=1S/C23H35N3O4/c1-14(2)25-23(29)24-13-18-9-11-19(12-10-18)22(28)30-17(5)21(27)26-20-8-6-7-15(3)16(20)4/h9-12,14-17,20H,6-8,13H2,1-5H3,(H,26,27)(H2,24,25,29)/t15-,16+,17-,20+/m1/s1. The van der Waals surface area contributed by atoms with Crippen molar-refractivity contribution in [2.75, 3.05) is 0 Å². The van der Waals surface area contributed by atoms with Gasteiger partial charge >= 0.3 is 12.0 Å². The second kappa shape index (κ2) is 11.0. The summed E-state index contributed by atoms with van der Waals surface area (Å²) in [5.74, 6) is 0.187. The van der Waals surface area contributed by atoms with E-state index in [2.05, 4.69) is 29.8 Å². The number of carbonyl (C=O) groups is 3. The van der Waals surface area contributed by atoms with E-state index in [0.717, 1.165) is 18.4 Å². The van der Waals surface area contributed by atoms with Gasteiger partial charge in [0.2, 0.25) is 0 Å². The SMILES string of the molecule is CC(C)NC(=O)NCc1ccc(C(=O)O[C@H](C)C(=O)N[C@H]2CCC[C@@H](C)[C@@H]2C)cc1. The van der Waals surface area contributed by atoms with Crippen molar-refractivity contribution in [1.82, 2.24) is 16.0 Å². The second-order valence-electron chi connectivity index (χ2n) is 8.61. The molecule has 0 aromatic heterocycles. The highest BCUT2D eigenvalue weighted by Gasteiger charge is 2.30. The van der Waals surface area contributed by atoms with Crippen LogP contribution in [0.1, 0.15) is 69.8 Å². The maximum atomic E-state index is 12.5. The highest BCUT2D eigenvalue weighted by Crippen LogP contribution is 2.29. The van der Waals surface area contributed by atoms with E-state index in [-0.39, 0.29) is 24.0 Å². The average molecular weight is 418 g/mol. The molecule has 0 heterocycles. The average Bonchev–Trinajstić information content (AvgIpc) is 2.69.